The van der Waals surface area contributed by atoms with Crippen molar-refractivity contribution in [2.45, 2.75) is 6.61 Å². The van der Waals surface area contributed by atoms with E-state index >= 15 is 0 Å². The third-order valence-electron chi connectivity index (χ3n) is 4.49. The summed E-state index contributed by atoms with van der Waals surface area (Å²) in [7, 11) is 3.11. The molecule has 1 heterocycles. The van der Waals surface area contributed by atoms with E-state index in [1.165, 1.54) is 7.11 Å². The molecule has 0 saturated carbocycles. The first-order valence-electron chi connectivity index (χ1n) is 8.82. The van der Waals surface area contributed by atoms with E-state index in [1.54, 1.807) is 49.6 Å². The van der Waals surface area contributed by atoms with Gasteiger partial charge in [-0.1, -0.05) is 6.07 Å². The van der Waals surface area contributed by atoms with Crippen LogP contribution in [0.2, 0.25) is 0 Å². The molecule has 0 radical (unpaired) electrons. The molecule has 3 rings (SSSR count). The van der Waals surface area contributed by atoms with Gasteiger partial charge in [-0.05, 0) is 42.0 Å². The summed E-state index contributed by atoms with van der Waals surface area (Å²) in [6.07, 6.45) is 0. The van der Waals surface area contributed by atoms with Crippen LogP contribution in [-0.2, 0) is 6.61 Å². The van der Waals surface area contributed by atoms with Crippen LogP contribution in [0.4, 0.5) is 5.82 Å². The second-order valence-corrected chi connectivity index (χ2v) is 6.21. The number of aromatic nitrogens is 1. The van der Waals surface area contributed by atoms with E-state index in [2.05, 4.69) is 4.98 Å². The molecular formula is C22H18N4O4. The van der Waals surface area contributed by atoms with Crippen molar-refractivity contribution in [2.24, 2.45) is 0 Å². The molecule has 8 heteroatoms. The summed E-state index contributed by atoms with van der Waals surface area (Å²) >= 11 is 0. The van der Waals surface area contributed by atoms with Crippen molar-refractivity contribution in [1.82, 2.24) is 4.98 Å². The lowest BCUT2D eigenvalue weighted by Crippen LogP contribution is -2.16. The number of nitrogens with two attached hydrogens (primary N) is 1. The van der Waals surface area contributed by atoms with Crippen LogP contribution in [0.1, 0.15) is 16.7 Å². The molecule has 0 spiro atoms. The number of ether oxygens (including phenoxy) is 3. The van der Waals surface area contributed by atoms with Gasteiger partial charge in [-0.3, -0.25) is 4.79 Å². The normalized spacial score (nSPS) is 10.0. The highest BCUT2D eigenvalue weighted by atomic mass is 16.5. The quantitative estimate of drug-likeness (QED) is 0.647. The van der Waals surface area contributed by atoms with Crippen LogP contribution in [0.15, 0.2) is 47.3 Å². The van der Waals surface area contributed by atoms with Gasteiger partial charge in [0.25, 0.3) is 5.56 Å². The zero-order chi connectivity index (χ0) is 21.7. The van der Waals surface area contributed by atoms with Crippen molar-refractivity contribution in [2.75, 3.05) is 20.0 Å². The number of nitrogens with one attached hydrogen (secondary N) is 1. The number of pyridine rings is 1. The molecule has 150 valence electrons. The van der Waals surface area contributed by atoms with Gasteiger partial charge < -0.3 is 24.9 Å². The number of H-pyrrole nitrogens is 1. The maximum atomic E-state index is 12.2. The largest absolute Gasteiger partial charge is 0.497 e. The molecule has 0 fully saturated rings. The molecule has 0 aliphatic rings. The Hall–Kier alpha value is -4.43. The van der Waals surface area contributed by atoms with Crippen LogP contribution in [0.3, 0.4) is 0 Å². The van der Waals surface area contributed by atoms with Gasteiger partial charge in [-0.15, -0.1) is 0 Å². The molecule has 0 amide bonds. The molecule has 3 N–H and O–H groups in total. The van der Waals surface area contributed by atoms with Gasteiger partial charge in [0.15, 0.2) is 0 Å². The third-order valence-corrected chi connectivity index (χ3v) is 4.49. The van der Waals surface area contributed by atoms with Crippen molar-refractivity contribution >= 4 is 5.82 Å². The van der Waals surface area contributed by atoms with E-state index in [-0.39, 0.29) is 29.1 Å². The molecule has 1 aromatic heterocycles. The number of methoxy groups -OCH3 is 2. The minimum atomic E-state index is -0.657. The van der Waals surface area contributed by atoms with Gasteiger partial charge in [0.1, 0.15) is 52.9 Å². The summed E-state index contributed by atoms with van der Waals surface area (Å²) in [5.74, 6) is 1.80. The van der Waals surface area contributed by atoms with Crippen molar-refractivity contribution in [3.05, 3.63) is 69.5 Å². The molecular weight excluding hydrogens is 384 g/mol. The maximum absolute atomic E-state index is 12.2. The first kappa shape index (κ1) is 20.3. The molecule has 0 saturated heterocycles. The van der Waals surface area contributed by atoms with Gasteiger partial charge in [0.2, 0.25) is 0 Å². The predicted molar refractivity (Wildman–Crippen MR) is 110 cm³/mol. The smallest absolute Gasteiger partial charge is 0.268 e. The fourth-order valence-corrected chi connectivity index (χ4v) is 3.01. The summed E-state index contributed by atoms with van der Waals surface area (Å²) in [6.45, 7) is 0.159. The lowest BCUT2D eigenvalue weighted by molar-refractivity contribution is 0.296. The number of hydrogen-bond donors (Lipinski definition) is 2. The van der Waals surface area contributed by atoms with Crippen LogP contribution in [-0.4, -0.2) is 19.2 Å². The molecule has 0 unspecified atom stereocenters. The van der Waals surface area contributed by atoms with Crippen LogP contribution in [0.25, 0.3) is 11.1 Å². The Morgan fingerprint density at radius 3 is 2.23 bits per heavy atom. The highest BCUT2D eigenvalue weighted by Gasteiger charge is 2.19. The first-order chi connectivity index (χ1) is 14.5. The SMILES string of the molecule is COc1ccc(OCc2cc(-c3c(C#N)c(N)[nH]c(=O)c3C#N)ccc2OC)cc1. The molecule has 3 aromatic rings. The number of aromatic amines is 1. The fourth-order valence-electron chi connectivity index (χ4n) is 3.01. The van der Waals surface area contributed by atoms with Crippen molar-refractivity contribution < 1.29 is 14.2 Å². The summed E-state index contributed by atoms with van der Waals surface area (Å²) < 4.78 is 16.4. The Bertz CT molecular complexity index is 1220. The van der Waals surface area contributed by atoms with E-state index in [4.69, 9.17) is 19.9 Å². The Balaban J connectivity index is 2.04. The van der Waals surface area contributed by atoms with Crippen molar-refractivity contribution in [3.8, 4) is 40.5 Å². The lowest BCUT2D eigenvalue weighted by Gasteiger charge is -2.14. The number of nitriles is 2. The van der Waals surface area contributed by atoms with Crippen molar-refractivity contribution in [3.63, 3.8) is 0 Å². The molecule has 2 aromatic carbocycles. The number of anilines is 1. The average Bonchev–Trinajstić information content (AvgIpc) is 2.77. The molecule has 30 heavy (non-hydrogen) atoms. The second-order valence-electron chi connectivity index (χ2n) is 6.21. The Morgan fingerprint density at radius 1 is 0.967 bits per heavy atom. The van der Waals surface area contributed by atoms with Crippen LogP contribution < -0.4 is 25.5 Å². The molecule has 0 aliphatic heterocycles. The lowest BCUT2D eigenvalue weighted by atomic mass is 9.95. The summed E-state index contributed by atoms with van der Waals surface area (Å²) in [4.78, 5) is 14.5. The van der Waals surface area contributed by atoms with Gasteiger partial charge in [-0.25, -0.2) is 0 Å². The zero-order valence-electron chi connectivity index (χ0n) is 16.4. The summed E-state index contributed by atoms with van der Waals surface area (Å²) in [5.41, 5.74) is 6.30. The fraction of sp³-hybridized carbons (Fsp3) is 0.136. The van der Waals surface area contributed by atoms with E-state index in [0.29, 0.717) is 28.4 Å². The number of rotatable bonds is 6. The highest BCUT2D eigenvalue weighted by molar-refractivity contribution is 5.80. The topological polar surface area (TPSA) is 134 Å². The number of nitrogens with zero attached hydrogens (tertiary/aromatic N) is 2. The van der Waals surface area contributed by atoms with Crippen LogP contribution in [0.5, 0.6) is 17.2 Å². The van der Waals surface area contributed by atoms with E-state index in [1.807, 2.05) is 12.1 Å². The monoisotopic (exact) mass is 402 g/mol. The minimum Gasteiger partial charge on any atom is -0.497 e. The summed E-state index contributed by atoms with van der Waals surface area (Å²) in [5, 5.41) is 19.0. The van der Waals surface area contributed by atoms with E-state index in [9.17, 15) is 15.3 Å². The standard InChI is InChI=1S/C22H18N4O4/c1-28-15-4-6-16(7-5-15)30-12-14-9-13(3-8-19(14)29-2)20-17(10-23)21(25)26-22(27)18(20)11-24/h3-9H,12H2,1-2H3,(H3,25,26,27). The second kappa shape index (κ2) is 8.72. The molecule has 0 bridgehead atoms. The number of benzene rings is 2. The third kappa shape index (κ3) is 3.89. The molecule has 8 nitrogen and oxygen atoms in total. The number of hydrogen-bond acceptors (Lipinski definition) is 7. The zero-order valence-corrected chi connectivity index (χ0v) is 16.4. The molecule has 0 aliphatic carbocycles. The minimum absolute atomic E-state index is 0.0262. The Kier molecular flexibility index (Phi) is 5.90. The highest BCUT2D eigenvalue weighted by Crippen LogP contribution is 2.32. The van der Waals surface area contributed by atoms with Gasteiger partial charge >= 0.3 is 0 Å². The van der Waals surface area contributed by atoms with Crippen molar-refractivity contribution in [1.29, 1.82) is 10.5 Å². The average molecular weight is 402 g/mol. The maximum Gasteiger partial charge on any atom is 0.268 e. The number of nitrogen functional groups attached to an aromatic ring is 1. The van der Waals surface area contributed by atoms with Gasteiger partial charge in [-0.2, -0.15) is 10.5 Å². The summed E-state index contributed by atoms with van der Waals surface area (Å²) in [6, 6.07) is 16.0. The van der Waals surface area contributed by atoms with E-state index in [0.717, 1.165) is 0 Å². The van der Waals surface area contributed by atoms with Gasteiger partial charge in [0.05, 0.1) is 14.2 Å². The Labute approximate surface area is 172 Å². The Morgan fingerprint density at radius 2 is 1.63 bits per heavy atom. The first-order valence-corrected chi connectivity index (χ1v) is 8.82. The van der Waals surface area contributed by atoms with Gasteiger partial charge in [0, 0.05) is 11.1 Å². The van der Waals surface area contributed by atoms with Crippen LogP contribution in [0, 0.1) is 22.7 Å². The van der Waals surface area contributed by atoms with Crippen LogP contribution >= 0.6 is 0 Å². The molecule has 0 atom stereocenters. The van der Waals surface area contributed by atoms with E-state index < -0.39 is 5.56 Å². The predicted octanol–water partition coefficient (Wildman–Crippen LogP) is 2.96.